The van der Waals surface area contributed by atoms with Gasteiger partial charge in [-0.1, -0.05) is 103 Å². The summed E-state index contributed by atoms with van der Waals surface area (Å²) in [4.78, 5) is 0. The van der Waals surface area contributed by atoms with E-state index in [1.165, 1.54) is 34.8 Å². The lowest BCUT2D eigenvalue weighted by molar-refractivity contribution is 0.275. The van der Waals surface area contributed by atoms with E-state index in [0.717, 1.165) is 6.61 Å². The van der Waals surface area contributed by atoms with E-state index >= 15 is 0 Å². The van der Waals surface area contributed by atoms with Crippen molar-refractivity contribution in [1.82, 2.24) is 0 Å². The molecule has 0 aliphatic carbocycles. The van der Waals surface area contributed by atoms with Gasteiger partial charge in [0.25, 0.3) is 0 Å². The van der Waals surface area contributed by atoms with Crippen molar-refractivity contribution in [2.75, 3.05) is 6.61 Å². The highest BCUT2D eigenvalue weighted by molar-refractivity contribution is 6.58. The van der Waals surface area contributed by atoms with E-state index in [0.29, 0.717) is 0 Å². The van der Waals surface area contributed by atoms with Gasteiger partial charge in [-0.25, -0.2) is 0 Å². The van der Waals surface area contributed by atoms with Crippen LogP contribution in [0.4, 0.5) is 0 Å². The van der Waals surface area contributed by atoms with E-state index < -0.39 is 14.5 Å². The Morgan fingerprint density at radius 2 is 1.04 bits per heavy atom. The minimum Gasteiger partial charge on any atom is -0.500 e. The molecule has 0 atom stereocenters. The second-order valence-corrected chi connectivity index (χ2v) is 9.52. The number of hydrogen-bond donors (Lipinski definition) is 0. The lowest BCUT2D eigenvalue weighted by Gasteiger charge is -2.41. The zero-order chi connectivity index (χ0) is 17.0. The summed E-state index contributed by atoms with van der Waals surface area (Å²) in [5.74, 6) is 0. The van der Waals surface area contributed by atoms with Gasteiger partial charge in [0, 0.05) is 10.9 Å². The van der Waals surface area contributed by atoms with Crippen LogP contribution in [0, 0.1) is 0 Å². The van der Waals surface area contributed by atoms with Gasteiger partial charge in [0.05, 0.1) is 0 Å². The standard InChI is InChI=1S/C19H15.C4H8O.Al/c1-4-10-16(11-5-1)19(17-12-6-2-7-13-17)18-14-8-3-9-15-18;1-2-3-4-5;/h1-15H;1-4H2;/q;-1;+1. The molecule has 25 heavy (non-hydrogen) atoms. The maximum absolute atomic E-state index is 6.55. The van der Waals surface area contributed by atoms with Gasteiger partial charge in [-0.2, -0.15) is 0 Å². The monoisotopic (exact) mass is 342 g/mol. The number of rotatable bonds is 4. The van der Waals surface area contributed by atoms with Crippen molar-refractivity contribution in [3.05, 3.63) is 108 Å². The van der Waals surface area contributed by atoms with Gasteiger partial charge in [0.2, 0.25) is 0 Å². The highest BCUT2D eigenvalue weighted by atomic mass is 27.2. The fraction of sp³-hybridized carbons (Fsp3) is 0.217. The molecule has 1 aliphatic heterocycles. The average Bonchev–Trinajstić information content (AvgIpc) is 2.72. The van der Waals surface area contributed by atoms with Gasteiger partial charge in [-0.3, -0.25) is 0 Å². The van der Waals surface area contributed by atoms with Crippen molar-refractivity contribution >= 4 is 14.5 Å². The normalized spacial score (nSPS) is 15.1. The minimum atomic E-state index is -1.56. The SMILES string of the molecule is c1ccc([C](c2ccccc2)(c2ccccc2)[Al]2[CH2]CCC[O]2)cc1. The van der Waals surface area contributed by atoms with Crippen LogP contribution in [0.5, 0.6) is 0 Å². The van der Waals surface area contributed by atoms with Gasteiger partial charge in [0.1, 0.15) is 0 Å². The summed E-state index contributed by atoms with van der Waals surface area (Å²) < 4.78 is 6.41. The molecule has 4 rings (SSSR count). The highest BCUT2D eigenvalue weighted by Crippen LogP contribution is 2.44. The van der Waals surface area contributed by atoms with E-state index in [2.05, 4.69) is 91.0 Å². The van der Waals surface area contributed by atoms with Crippen molar-refractivity contribution in [2.45, 2.75) is 22.4 Å². The summed E-state index contributed by atoms with van der Waals surface area (Å²) in [5.41, 5.74) is 4.10. The Hall–Kier alpha value is -1.85. The van der Waals surface area contributed by atoms with Crippen LogP contribution >= 0.6 is 0 Å². The summed E-state index contributed by atoms with van der Waals surface area (Å²) >= 11 is -1.56. The molecule has 0 bridgehead atoms. The van der Waals surface area contributed by atoms with Gasteiger partial charge < -0.3 is 3.79 Å². The maximum Gasteiger partial charge on any atom is 0.482 e. The topological polar surface area (TPSA) is 9.23 Å². The van der Waals surface area contributed by atoms with Crippen molar-refractivity contribution in [3.8, 4) is 0 Å². The minimum absolute atomic E-state index is 0.135. The smallest absolute Gasteiger partial charge is 0.482 e. The first-order valence-corrected chi connectivity index (χ1v) is 11.1. The number of benzene rings is 3. The molecule has 1 fully saturated rings. The molecule has 2 heteroatoms. The third kappa shape index (κ3) is 3.07. The summed E-state index contributed by atoms with van der Waals surface area (Å²) in [5, 5.41) is 1.22. The molecule has 0 unspecified atom stereocenters. The Balaban J connectivity index is 2.01. The predicted molar refractivity (Wildman–Crippen MR) is 105 cm³/mol. The first kappa shape index (κ1) is 16.6. The van der Waals surface area contributed by atoms with Crippen LogP contribution in [0.15, 0.2) is 91.0 Å². The Bertz CT molecular complexity index is 683. The van der Waals surface area contributed by atoms with Gasteiger partial charge in [-0.05, 0) is 23.1 Å². The van der Waals surface area contributed by atoms with Crippen molar-refractivity contribution in [2.24, 2.45) is 0 Å². The van der Waals surface area contributed by atoms with E-state index in [9.17, 15) is 0 Å². The second-order valence-electron chi connectivity index (χ2n) is 6.76. The van der Waals surface area contributed by atoms with Crippen LogP contribution in [-0.4, -0.2) is 21.1 Å². The molecule has 3 aromatic carbocycles. The fourth-order valence-corrected chi connectivity index (χ4v) is 7.90. The number of hydrogen-bond acceptors (Lipinski definition) is 1. The Morgan fingerprint density at radius 1 is 0.600 bits per heavy atom. The average molecular weight is 342 g/mol. The molecular weight excluding hydrogens is 319 g/mol. The highest BCUT2D eigenvalue weighted by Gasteiger charge is 2.50. The predicted octanol–water partition coefficient (Wildman–Crippen LogP) is 5.36. The molecule has 0 radical (unpaired) electrons. The van der Waals surface area contributed by atoms with Crippen molar-refractivity contribution < 1.29 is 3.79 Å². The Morgan fingerprint density at radius 3 is 1.40 bits per heavy atom. The molecule has 0 aromatic heterocycles. The zero-order valence-corrected chi connectivity index (χ0v) is 15.6. The zero-order valence-electron chi connectivity index (χ0n) is 14.5. The maximum atomic E-state index is 6.55. The molecule has 0 N–H and O–H groups in total. The van der Waals surface area contributed by atoms with Crippen molar-refractivity contribution in [3.63, 3.8) is 0 Å². The third-order valence-electron chi connectivity index (χ3n) is 5.35. The molecule has 0 spiro atoms. The molecule has 124 valence electrons. The van der Waals surface area contributed by atoms with Crippen LogP contribution in [0.25, 0.3) is 0 Å². The van der Waals surface area contributed by atoms with Crippen LogP contribution in [-0.2, 0) is 8.07 Å². The lowest BCUT2D eigenvalue weighted by Crippen LogP contribution is -2.48. The summed E-state index contributed by atoms with van der Waals surface area (Å²) in [6.45, 7) is 0.908. The van der Waals surface area contributed by atoms with Crippen LogP contribution in [0.3, 0.4) is 0 Å². The van der Waals surface area contributed by atoms with E-state index in [-0.39, 0.29) is 4.28 Å². The van der Waals surface area contributed by atoms with Crippen LogP contribution in [0.1, 0.15) is 29.5 Å². The van der Waals surface area contributed by atoms with Gasteiger partial charge >= 0.3 is 14.5 Å². The Kier molecular flexibility index (Phi) is 5.04. The first-order chi connectivity index (χ1) is 12.4. The van der Waals surface area contributed by atoms with Crippen LogP contribution < -0.4 is 0 Å². The van der Waals surface area contributed by atoms with Gasteiger partial charge in [-0.15, -0.1) is 0 Å². The lowest BCUT2D eigenvalue weighted by atomic mass is 9.83. The first-order valence-electron chi connectivity index (χ1n) is 9.20. The molecule has 1 saturated heterocycles. The Labute approximate surface area is 155 Å². The second kappa shape index (κ2) is 7.58. The summed E-state index contributed by atoms with van der Waals surface area (Å²) in [7, 11) is 0. The summed E-state index contributed by atoms with van der Waals surface area (Å²) in [6.07, 6.45) is 2.48. The fourth-order valence-electron chi connectivity index (χ4n) is 4.24. The van der Waals surface area contributed by atoms with Gasteiger partial charge in [0.15, 0.2) is 0 Å². The molecule has 0 saturated carbocycles. The largest absolute Gasteiger partial charge is 0.500 e. The van der Waals surface area contributed by atoms with E-state index in [1.807, 2.05) is 0 Å². The molecule has 1 heterocycles. The molecule has 1 aliphatic rings. The quantitative estimate of drug-likeness (QED) is 0.458. The van der Waals surface area contributed by atoms with E-state index in [1.54, 1.807) is 0 Å². The third-order valence-corrected chi connectivity index (χ3v) is 8.89. The molecule has 3 aromatic rings. The summed E-state index contributed by atoms with van der Waals surface area (Å²) in [6, 6.07) is 33.0. The van der Waals surface area contributed by atoms with Crippen LogP contribution in [0.2, 0.25) is 5.28 Å². The van der Waals surface area contributed by atoms with E-state index in [4.69, 9.17) is 3.79 Å². The van der Waals surface area contributed by atoms with Crippen molar-refractivity contribution in [1.29, 1.82) is 0 Å². The molecular formula is C23H23AlO. The molecule has 1 nitrogen and oxygen atoms in total. The molecule has 0 amide bonds.